The van der Waals surface area contributed by atoms with Crippen LogP contribution in [0.4, 0.5) is 4.39 Å². The summed E-state index contributed by atoms with van der Waals surface area (Å²) in [6.45, 7) is 4.58. The van der Waals surface area contributed by atoms with E-state index in [2.05, 4.69) is 31.6 Å². The molecule has 0 unspecified atom stereocenters. The molecule has 0 aromatic heterocycles. The van der Waals surface area contributed by atoms with E-state index >= 15 is 0 Å². The maximum atomic E-state index is 13.1. The van der Waals surface area contributed by atoms with Crippen LogP contribution < -0.4 is 10.6 Å². The molecule has 0 fully saturated rings. The molecule has 1 rings (SSSR count). The first-order chi connectivity index (χ1) is 8.02. The quantitative estimate of drug-likeness (QED) is 0.439. The molecule has 1 aromatic rings. The lowest BCUT2D eigenvalue weighted by Crippen LogP contribution is -2.40. The van der Waals surface area contributed by atoms with Gasteiger partial charge in [-0.2, -0.15) is 0 Å². The second-order valence-corrected chi connectivity index (χ2v) is 4.81. The first-order valence-electron chi connectivity index (χ1n) is 5.44. The Kier molecular flexibility index (Phi) is 8.51. The van der Waals surface area contributed by atoms with E-state index in [0.717, 1.165) is 10.0 Å². The van der Waals surface area contributed by atoms with Gasteiger partial charge in [0, 0.05) is 24.1 Å². The minimum absolute atomic E-state index is 0. The first-order valence-corrected chi connectivity index (χ1v) is 6.23. The number of halogens is 3. The number of aliphatic imine (C=N–C) groups is 1. The van der Waals surface area contributed by atoms with Gasteiger partial charge in [0.25, 0.3) is 0 Å². The smallest absolute Gasteiger partial charge is 0.191 e. The Morgan fingerprint density at radius 3 is 2.67 bits per heavy atom. The fourth-order valence-corrected chi connectivity index (χ4v) is 1.71. The zero-order valence-corrected chi connectivity index (χ0v) is 14.5. The molecule has 0 radical (unpaired) electrons. The second-order valence-electron chi connectivity index (χ2n) is 3.96. The van der Waals surface area contributed by atoms with Crippen LogP contribution in [0.3, 0.4) is 0 Å². The highest BCUT2D eigenvalue weighted by atomic mass is 127. The molecule has 0 aliphatic carbocycles. The third-order valence-electron chi connectivity index (χ3n) is 2.10. The zero-order chi connectivity index (χ0) is 12.8. The van der Waals surface area contributed by atoms with Gasteiger partial charge in [-0.3, -0.25) is 4.99 Å². The number of benzene rings is 1. The van der Waals surface area contributed by atoms with Crippen molar-refractivity contribution in [3.05, 3.63) is 34.1 Å². The van der Waals surface area contributed by atoms with Crippen LogP contribution in [0, 0.1) is 5.82 Å². The Labute approximate surface area is 133 Å². The van der Waals surface area contributed by atoms with Gasteiger partial charge >= 0.3 is 0 Å². The fourth-order valence-electron chi connectivity index (χ4n) is 1.33. The van der Waals surface area contributed by atoms with Gasteiger partial charge in [-0.15, -0.1) is 24.0 Å². The lowest BCUT2D eigenvalue weighted by Gasteiger charge is -2.15. The van der Waals surface area contributed by atoms with Crippen molar-refractivity contribution in [2.24, 2.45) is 4.99 Å². The largest absolute Gasteiger partial charge is 0.354 e. The maximum absolute atomic E-state index is 13.1. The number of guanidine groups is 1. The molecule has 0 bridgehead atoms. The molecule has 1 aromatic carbocycles. The highest BCUT2D eigenvalue weighted by Gasteiger charge is 2.04. The molecule has 0 aliphatic rings. The summed E-state index contributed by atoms with van der Waals surface area (Å²) >= 11 is 3.39. The molecule has 0 spiro atoms. The predicted octanol–water partition coefficient (Wildman–Crippen LogP) is 3.28. The van der Waals surface area contributed by atoms with Crippen LogP contribution in [-0.2, 0) is 6.54 Å². The topological polar surface area (TPSA) is 36.4 Å². The SMILES string of the molecule is CN=C(NCc1cc(F)ccc1Br)NC(C)C.I. The Balaban J connectivity index is 0.00000289. The van der Waals surface area contributed by atoms with E-state index in [1.807, 2.05) is 13.8 Å². The van der Waals surface area contributed by atoms with E-state index in [4.69, 9.17) is 0 Å². The summed E-state index contributed by atoms with van der Waals surface area (Å²) in [5.74, 6) is 0.466. The van der Waals surface area contributed by atoms with Crippen molar-refractivity contribution in [3.8, 4) is 0 Å². The summed E-state index contributed by atoms with van der Waals surface area (Å²) < 4.78 is 14.0. The van der Waals surface area contributed by atoms with E-state index in [9.17, 15) is 4.39 Å². The van der Waals surface area contributed by atoms with E-state index in [-0.39, 0.29) is 29.8 Å². The third kappa shape index (κ3) is 5.99. The lowest BCUT2D eigenvalue weighted by atomic mass is 10.2. The van der Waals surface area contributed by atoms with Crippen molar-refractivity contribution in [1.29, 1.82) is 0 Å². The van der Waals surface area contributed by atoms with E-state index in [0.29, 0.717) is 18.5 Å². The second kappa shape index (κ2) is 8.68. The molecule has 0 atom stereocenters. The monoisotopic (exact) mass is 429 g/mol. The number of rotatable bonds is 3. The molecular weight excluding hydrogens is 412 g/mol. The van der Waals surface area contributed by atoms with Crippen LogP contribution >= 0.6 is 39.9 Å². The van der Waals surface area contributed by atoms with Crippen LogP contribution in [0.25, 0.3) is 0 Å². The molecule has 0 heterocycles. The van der Waals surface area contributed by atoms with E-state index in [1.165, 1.54) is 12.1 Å². The molecule has 0 saturated heterocycles. The number of hydrogen-bond acceptors (Lipinski definition) is 1. The van der Waals surface area contributed by atoms with Crippen LogP contribution in [0.5, 0.6) is 0 Å². The molecule has 2 N–H and O–H groups in total. The lowest BCUT2D eigenvalue weighted by molar-refractivity contribution is 0.623. The molecular formula is C12H18BrFIN3. The van der Waals surface area contributed by atoms with Crippen molar-refractivity contribution in [1.82, 2.24) is 10.6 Å². The average molecular weight is 430 g/mol. The molecule has 102 valence electrons. The number of nitrogens with one attached hydrogen (secondary N) is 2. The van der Waals surface area contributed by atoms with Crippen LogP contribution in [0.2, 0.25) is 0 Å². The van der Waals surface area contributed by atoms with Crippen LogP contribution in [0.1, 0.15) is 19.4 Å². The van der Waals surface area contributed by atoms with Crippen molar-refractivity contribution in [2.75, 3.05) is 7.05 Å². The highest BCUT2D eigenvalue weighted by molar-refractivity contribution is 14.0. The van der Waals surface area contributed by atoms with Gasteiger partial charge in [-0.1, -0.05) is 15.9 Å². The average Bonchev–Trinajstić information content (AvgIpc) is 2.28. The van der Waals surface area contributed by atoms with Gasteiger partial charge in [-0.05, 0) is 37.6 Å². The summed E-state index contributed by atoms with van der Waals surface area (Å²) in [7, 11) is 1.71. The maximum Gasteiger partial charge on any atom is 0.191 e. The summed E-state index contributed by atoms with van der Waals surface area (Å²) in [5, 5.41) is 6.29. The zero-order valence-electron chi connectivity index (χ0n) is 10.6. The van der Waals surface area contributed by atoms with Crippen LogP contribution in [-0.4, -0.2) is 19.0 Å². The Hall–Kier alpha value is -0.370. The first kappa shape index (κ1) is 17.6. The summed E-state index contributed by atoms with van der Waals surface area (Å²) in [4.78, 5) is 4.08. The summed E-state index contributed by atoms with van der Waals surface area (Å²) in [6, 6.07) is 4.93. The van der Waals surface area contributed by atoms with Crippen molar-refractivity contribution in [3.63, 3.8) is 0 Å². The van der Waals surface area contributed by atoms with Gasteiger partial charge in [-0.25, -0.2) is 4.39 Å². The summed E-state index contributed by atoms with van der Waals surface area (Å²) in [6.07, 6.45) is 0. The van der Waals surface area contributed by atoms with Gasteiger partial charge in [0.05, 0.1) is 0 Å². The van der Waals surface area contributed by atoms with Gasteiger partial charge in [0.15, 0.2) is 5.96 Å². The van der Waals surface area contributed by atoms with E-state index < -0.39 is 0 Å². The van der Waals surface area contributed by atoms with Gasteiger partial charge in [0.1, 0.15) is 5.82 Å². The molecule has 18 heavy (non-hydrogen) atoms. The molecule has 3 nitrogen and oxygen atoms in total. The number of hydrogen-bond donors (Lipinski definition) is 2. The minimum Gasteiger partial charge on any atom is -0.354 e. The Bertz CT molecular complexity index is 410. The molecule has 0 aliphatic heterocycles. The molecule has 0 saturated carbocycles. The van der Waals surface area contributed by atoms with Crippen molar-refractivity contribution >= 4 is 45.9 Å². The van der Waals surface area contributed by atoms with E-state index in [1.54, 1.807) is 13.1 Å². The fraction of sp³-hybridized carbons (Fsp3) is 0.417. The van der Waals surface area contributed by atoms with Crippen molar-refractivity contribution < 1.29 is 4.39 Å². The highest BCUT2D eigenvalue weighted by Crippen LogP contribution is 2.17. The Morgan fingerprint density at radius 2 is 2.11 bits per heavy atom. The van der Waals surface area contributed by atoms with Gasteiger partial charge < -0.3 is 10.6 Å². The predicted molar refractivity (Wildman–Crippen MR) is 88.0 cm³/mol. The molecule has 6 heteroatoms. The standard InChI is InChI=1S/C12H17BrFN3.HI/c1-8(2)17-12(15-3)16-7-9-6-10(14)4-5-11(9)13;/h4-6,8H,7H2,1-3H3,(H2,15,16,17);1H. The molecule has 0 amide bonds. The number of nitrogens with zero attached hydrogens (tertiary/aromatic N) is 1. The Morgan fingerprint density at radius 1 is 1.44 bits per heavy atom. The van der Waals surface area contributed by atoms with Crippen molar-refractivity contribution in [2.45, 2.75) is 26.4 Å². The van der Waals surface area contributed by atoms with Gasteiger partial charge in [0.2, 0.25) is 0 Å². The summed E-state index contributed by atoms with van der Waals surface area (Å²) in [5.41, 5.74) is 0.858. The normalized spacial score (nSPS) is 11.1. The van der Waals surface area contributed by atoms with Crippen LogP contribution in [0.15, 0.2) is 27.7 Å². The third-order valence-corrected chi connectivity index (χ3v) is 2.88. The minimum atomic E-state index is -0.239.